The molecular weight excluding hydrogens is 256 g/mol. The van der Waals surface area contributed by atoms with Crippen molar-refractivity contribution in [1.29, 1.82) is 0 Å². The van der Waals surface area contributed by atoms with Crippen molar-refractivity contribution in [3.05, 3.63) is 0 Å². The predicted molar refractivity (Wildman–Crippen MR) is 102 cm³/mol. The minimum absolute atomic E-state index is 0.250. The van der Waals surface area contributed by atoms with Crippen LogP contribution in [0.5, 0.6) is 0 Å². The van der Waals surface area contributed by atoms with Gasteiger partial charge >= 0.3 is 0 Å². The fourth-order valence-corrected chi connectivity index (χ4v) is 1.50. The van der Waals surface area contributed by atoms with Crippen LogP contribution >= 0.6 is 0 Å². The summed E-state index contributed by atoms with van der Waals surface area (Å²) in [5.74, 6) is 0. The molecule has 21 heavy (non-hydrogen) atoms. The highest BCUT2D eigenvalue weighted by Crippen LogP contribution is 1.96. The third-order valence-electron chi connectivity index (χ3n) is 2.87. The summed E-state index contributed by atoms with van der Waals surface area (Å²) in [5, 5.41) is 7.57. The normalized spacial score (nSPS) is 8.57. The van der Waals surface area contributed by atoms with Crippen molar-refractivity contribution in [2.24, 2.45) is 0 Å². The van der Waals surface area contributed by atoms with E-state index in [1.54, 1.807) is 6.92 Å². The fraction of sp³-hybridized carbons (Fsp3) is 1.00. The zero-order valence-corrected chi connectivity index (χ0v) is 16.6. The number of unbranched alkanes of at least 4 members (excludes halogenated alkanes) is 9. The molecule has 0 aliphatic heterocycles. The first-order valence-electron chi connectivity index (χ1n) is 9.77. The number of rotatable bonds is 9. The zero-order chi connectivity index (χ0) is 17.2. The minimum Gasteiger partial charge on any atom is -0.397 e. The molecule has 0 aromatic rings. The Labute approximate surface area is 137 Å². The van der Waals surface area contributed by atoms with Gasteiger partial charge in [-0.25, -0.2) is 0 Å². The minimum atomic E-state index is 0.250. The maximum Gasteiger partial charge on any atom is 0.0402 e. The van der Waals surface area contributed by atoms with E-state index in [4.69, 9.17) is 5.11 Å². The highest BCUT2D eigenvalue weighted by Gasteiger charge is 1.76. The molecule has 134 valence electrons. The quantitative estimate of drug-likeness (QED) is 0.431. The lowest BCUT2D eigenvalue weighted by Crippen LogP contribution is -1.66. The first-order chi connectivity index (χ1) is 10.2. The van der Waals surface area contributed by atoms with E-state index in [-0.39, 0.29) is 6.61 Å². The summed E-state index contributed by atoms with van der Waals surface area (Å²) in [6.07, 6.45) is 16.6. The Balaban J connectivity index is -0.0000000944. The van der Waals surface area contributed by atoms with Crippen molar-refractivity contribution in [3.63, 3.8) is 0 Å². The van der Waals surface area contributed by atoms with Gasteiger partial charge in [-0.1, -0.05) is 119 Å². The van der Waals surface area contributed by atoms with Gasteiger partial charge in [0.05, 0.1) is 0 Å². The molecule has 0 heterocycles. The average Bonchev–Trinajstić information content (AvgIpc) is 2.51. The third-order valence-corrected chi connectivity index (χ3v) is 2.87. The maximum atomic E-state index is 7.57. The van der Waals surface area contributed by atoms with Crippen molar-refractivity contribution in [3.8, 4) is 0 Å². The van der Waals surface area contributed by atoms with Crippen molar-refractivity contribution < 1.29 is 5.11 Å². The van der Waals surface area contributed by atoms with E-state index in [1.165, 1.54) is 77.0 Å². The molecule has 0 rings (SSSR count). The first-order valence-corrected chi connectivity index (χ1v) is 9.77. The van der Waals surface area contributed by atoms with Gasteiger partial charge in [0.2, 0.25) is 0 Å². The molecule has 0 radical (unpaired) electrons. The fourth-order valence-electron chi connectivity index (χ4n) is 1.50. The largest absolute Gasteiger partial charge is 0.397 e. The highest BCUT2D eigenvalue weighted by atomic mass is 16.2. The molecule has 0 saturated carbocycles. The second kappa shape index (κ2) is 42.7. The Bertz CT molecular complexity index is 71.0. The Morgan fingerprint density at radius 1 is 0.381 bits per heavy atom. The highest BCUT2D eigenvalue weighted by molar-refractivity contribution is 4.32. The van der Waals surface area contributed by atoms with Gasteiger partial charge in [0.1, 0.15) is 0 Å². The summed E-state index contributed by atoms with van der Waals surface area (Å²) in [7, 11) is 0. The van der Waals surface area contributed by atoms with Crippen LogP contribution in [0.25, 0.3) is 0 Å². The van der Waals surface area contributed by atoms with Crippen molar-refractivity contribution in [1.82, 2.24) is 0 Å². The molecule has 0 aromatic heterocycles. The van der Waals surface area contributed by atoms with Crippen molar-refractivity contribution in [2.45, 2.75) is 126 Å². The second-order valence-electron chi connectivity index (χ2n) is 5.44. The SMILES string of the molecule is CCCCCC.CCCCCC.CCCCCC.CCO. The van der Waals surface area contributed by atoms with Gasteiger partial charge < -0.3 is 5.11 Å². The van der Waals surface area contributed by atoms with Gasteiger partial charge in [-0.15, -0.1) is 0 Å². The van der Waals surface area contributed by atoms with E-state index in [2.05, 4.69) is 41.5 Å². The molecule has 0 amide bonds. The number of hydrogen-bond donors (Lipinski definition) is 1. The number of hydrogen-bond acceptors (Lipinski definition) is 1. The van der Waals surface area contributed by atoms with Gasteiger partial charge in [-0.2, -0.15) is 0 Å². The standard InChI is InChI=1S/3C6H14.C2H6O/c3*1-3-5-6-4-2;1-2-3/h3*3-6H2,1-2H3;3H,2H2,1H3. The Morgan fingerprint density at radius 3 is 0.524 bits per heavy atom. The van der Waals surface area contributed by atoms with Crippen LogP contribution < -0.4 is 0 Å². The van der Waals surface area contributed by atoms with Crippen LogP contribution in [0.15, 0.2) is 0 Å². The van der Waals surface area contributed by atoms with Crippen LogP contribution in [-0.2, 0) is 0 Å². The van der Waals surface area contributed by atoms with E-state index in [9.17, 15) is 0 Å². The first kappa shape index (κ1) is 29.0. The van der Waals surface area contributed by atoms with Crippen molar-refractivity contribution in [2.75, 3.05) is 6.61 Å². The van der Waals surface area contributed by atoms with Crippen molar-refractivity contribution >= 4 is 0 Å². The summed E-state index contributed by atoms with van der Waals surface area (Å²) < 4.78 is 0. The molecule has 1 N–H and O–H groups in total. The summed E-state index contributed by atoms with van der Waals surface area (Å²) in [6.45, 7) is 15.3. The molecule has 1 heteroatoms. The van der Waals surface area contributed by atoms with E-state index in [1.807, 2.05) is 0 Å². The average molecular weight is 305 g/mol. The van der Waals surface area contributed by atoms with E-state index >= 15 is 0 Å². The molecule has 0 spiro atoms. The van der Waals surface area contributed by atoms with Gasteiger partial charge in [0.15, 0.2) is 0 Å². The molecule has 0 unspecified atom stereocenters. The van der Waals surface area contributed by atoms with E-state index in [0.717, 1.165) is 0 Å². The maximum absolute atomic E-state index is 7.57. The summed E-state index contributed by atoms with van der Waals surface area (Å²) in [6, 6.07) is 0. The van der Waals surface area contributed by atoms with Gasteiger partial charge in [-0.3, -0.25) is 0 Å². The van der Waals surface area contributed by atoms with Gasteiger partial charge in [0, 0.05) is 6.61 Å². The molecule has 0 bridgehead atoms. The van der Waals surface area contributed by atoms with Crippen LogP contribution in [-0.4, -0.2) is 11.7 Å². The lowest BCUT2D eigenvalue weighted by Gasteiger charge is -1.86. The Hall–Kier alpha value is -0.0400. The molecule has 0 aliphatic carbocycles. The molecular formula is C20H48O. The Kier molecular flexibility index (Phi) is 59.1. The molecule has 0 aliphatic rings. The molecule has 0 fully saturated rings. The molecule has 1 nitrogen and oxygen atoms in total. The van der Waals surface area contributed by atoms with Gasteiger partial charge in [0.25, 0.3) is 0 Å². The topological polar surface area (TPSA) is 20.2 Å². The molecule has 0 aromatic carbocycles. The second-order valence-corrected chi connectivity index (χ2v) is 5.44. The van der Waals surface area contributed by atoms with Gasteiger partial charge in [-0.05, 0) is 6.92 Å². The zero-order valence-electron chi connectivity index (χ0n) is 16.6. The lowest BCUT2D eigenvalue weighted by molar-refractivity contribution is 0.318. The Morgan fingerprint density at radius 2 is 0.476 bits per heavy atom. The van der Waals surface area contributed by atoms with E-state index < -0.39 is 0 Å². The van der Waals surface area contributed by atoms with Crippen LogP contribution in [0.3, 0.4) is 0 Å². The van der Waals surface area contributed by atoms with E-state index in [0.29, 0.717) is 0 Å². The van der Waals surface area contributed by atoms with Crippen LogP contribution in [0.4, 0.5) is 0 Å². The monoisotopic (exact) mass is 304 g/mol. The third kappa shape index (κ3) is 80.2. The molecule has 0 atom stereocenters. The lowest BCUT2D eigenvalue weighted by atomic mass is 10.2. The molecule has 0 saturated heterocycles. The van der Waals surface area contributed by atoms with Crippen LogP contribution in [0.1, 0.15) is 126 Å². The smallest absolute Gasteiger partial charge is 0.0402 e. The van der Waals surface area contributed by atoms with Crippen LogP contribution in [0, 0.1) is 0 Å². The number of aliphatic hydroxyl groups is 1. The summed E-state index contributed by atoms with van der Waals surface area (Å²) >= 11 is 0. The summed E-state index contributed by atoms with van der Waals surface area (Å²) in [4.78, 5) is 0. The number of aliphatic hydroxyl groups excluding tert-OH is 1. The van der Waals surface area contributed by atoms with Crippen LogP contribution in [0.2, 0.25) is 0 Å². The predicted octanol–water partition coefficient (Wildman–Crippen LogP) is 7.76. The summed E-state index contributed by atoms with van der Waals surface area (Å²) in [5.41, 5.74) is 0.